The Bertz CT molecular complexity index is 2220. The number of phenolic OH excluding ortho intramolecular Hbond substituents is 2. The van der Waals surface area contributed by atoms with Crippen molar-refractivity contribution < 1.29 is 77.7 Å². The minimum absolute atomic E-state index is 0.0317. The van der Waals surface area contributed by atoms with Crippen molar-refractivity contribution in [2.24, 2.45) is 23.7 Å². The molecule has 426 valence electrons. The van der Waals surface area contributed by atoms with Gasteiger partial charge < -0.3 is 72.9 Å². The Morgan fingerprint density at radius 1 is 0.842 bits per heavy atom. The number of benzene rings is 1. The van der Waals surface area contributed by atoms with Crippen molar-refractivity contribution in [2.75, 3.05) is 20.8 Å². The van der Waals surface area contributed by atoms with Crippen LogP contribution in [-0.4, -0.2) is 150 Å². The molecule has 0 aromatic heterocycles. The van der Waals surface area contributed by atoms with Crippen molar-refractivity contribution in [2.45, 2.75) is 230 Å². The summed E-state index contributed by atoms with van der Waals surface area (Å²) in [7, 11) is 3.22. The number of ether oxygens (including phenoxy) is 10. The second-order valence-corrected chi connectivity index (χ2v) is 22.6. The number of phenols is 2. The topological polar surface area (TPSA) is 211 Å². The molecule has 1 aliphatic carbocycles. The predicted octanol–water partition coefficient (Wildman–Crippen LogP) is 8.60. The Morgan fingerprint density at radius 2 is 1.57 bits per heavy atom. The molecule has 20 unspecified atom stereocenters. The highest BCUT2D eigenvalue weighted by atomic mass is 16.7. The number of carbonyl (C=O) groups excluding carboxylic acids is 1. The number of hydrogen-bond acceptors (Lipinski definition) is 16. The van der Waals surface area contributed by atoms with Crippen LogP contribution in [0.3, 0.4) is 0 Å². The van der Waals surface area contributed by atoms with Crippen molar-refractivity contribution in [3.05, 3.63) is 83.0 Å². The Labute approximate surface area is 451 Å². The van der Waals surface area contributed by atoms with Crippen LogP contribution in [0.25, 0.3) is 0 Å². The van der Waals surface area contributed by atoms with Gasteiger partial charge in [0, 0.05) is 57.8 Å². The fourth-order valence-corrected chi connectivity index (χ4v) is 12.1. The van der Waals surface area contributed by atoms with E-state index in [0.29, 0.717) is 43.3 Å². The minimum Gasteiger partial charge on any atom is -0.508 e. The van der Waals surface area contributed by atoms with Crippen molar-refractivity contribution in [3.63, 3.8) is 0 Å². The number of aliphatic hydroxyl groups excluding tert-OH is 2. The smallest absolute Gasteiger partial charge is 0.316 e. The first kappa shape index (κ1) is 60.2. The van der Waals surface area contributed by atoms with Crippen LogP contribution in [0, 0.1) is 23.7 Å². The number of aryl methyl sites for hydroxylation is 1. The molecule has 6 aliphatic heterocycles. The molecule has 1 aromatic carbocycles. The maximum Gasteiger partial charge on any atom is 0.316 e. The standard InChI is InChI=1S/C48H72O14.C12H18O2/c1-11-25(2)43-28(5)17-18-47(62-43)23-34-20-33(61-47)16-15-27(4)42(26(3)13-12-14-32-24-55-45-40(49)29(6)19-35(46(51)58-34)48(32,45)52)59-39-22-37(54-10)44(31(8)57-39)60-38-21-36(53-9)41(50)30(7)56-38;1-2-3-4-5-6-10-7-8-11(13)9-12(10)14/h12-15,17-19,25-26,28,30-31,33-45,49-50,52H,11,16,20-24H2,1-10H3;7-9,13-14H,2-6H2,1H3. The van der Waals surface area contributed by atoms with Gasteiger partial charge in [-0.05, 0) is 87.3 Å². The van der Waals surface area contributed by atoms with Crippen LogP contribution in [0.2, 0.25) is 0 Å². The summed E-state index contributed by atoms with van der Waals surface area (Å²) < 4.78 is 63.7. The average Bonchev–Trinajstić information content (AvgIpc) is 3.73. The molecule has 8 rings (SSSR count). The second kappa shape index (κ2) is 26.6. The van der Waals surface area contributed by atoms with Crippen LogP contribution in [0.1, 0.15) is 132 Å². The zero-order valence-electron chi connectivity index (χ0n) is 46.9. The van der Waals surface area contributed by atoms with Gasteiger partial charge in [-0.25, -0.2) is 0 Å². The van der Waals surface area contributed by atoms with Crippen LogP contribution in [0.15, 0.2) is 77.5 Å². The van der Waals surface area contributed by atoms with Crippen molar-refractivity contribution in [1.29, 1.82) is 0 Å². The number of unbranched alkanes of at least 4 members (excludes halogenated alkanes) is 3. The predicted molar refractivity (Wildman–Crippen MR) is 285 cm³/mol. The van der Waals surface area contributed by atoms with Gasteiger partial charge in [0.2, 0.25) is 0 Å². The number of hydrogen-bond donors (Lipinski definition) is 5. The van der Waals surface area contributed by atoms with Gasteiger partial charge in [0.1, 0.15) is 53.5 Å². The molecule has 76 heavy (non-hydrogen) atoms. The highest BCUT2D eigenvalue weighted by Gasteiger charge is 2.60. The molecule has 20 atom stereocenters. The van der Waals surface area contributed by atoms with Gasteiger partial charge in [0.25, 0.3) is 0 Å². The molecule has 4 saturated heterocycles. The minimum atomic E-state index is -1.84. The molecule has 16 nitrogen and oxygen atoms in total. The number of aromatic hydroxyl groups is 2. The molecule has 0 saturated carbocycles. The van der Waals surface area contributed by atoms with E-state index in [-0.39, 0.29) is 54.2 Å². The first-order valence-corrected chi connectivity index (χ1v) is 28.1. The molecule has 7 aliphatic rings. The molecule has 0 amide bonds. The number of allylic oxidation sites excluding steroid dienone is 2. The Hall–Kier alpha value is -3.49. The second-order valence-electron chi connectivity index (χ2n) is 22.6. The zero-order valence-corrected chi connectivity index (χ0v) is 46.9. The van der Waals surface area contributed by atoms with E-state index in [0.717, 1.165) is 30.4 Å². The van der Waals surface area contributed by atoms with E-state index in [9.17, 15) is 25.2 Å². The SMILES string of the molecule is CCC(C)C1OC2(C=CC1C)CC1CC(CC=C(C)C(OC3CC(OC)C(OC4CC(OC)C(O)C(C)O4)C(C)O3)C(C)C=CC=C3COC4C(O)C(C)=CC(C(=O)O1)C34O)O2.CCCCCCc1ccc(O)cc1O. The molecule has 1 aromatic rings. The third-order valence-corrected chi connectivity index (χ3v) is 16.9. The van der Waals surface area contributed by atoms with Gasteiger partial charge >= 0.3 is 5.97 Å². The number of rotatable bonds is 13. The zero-order chi connectivity index (χ0) is 55.1. The van der Waals surface area contributed by atoms with Gasteiger partial charge in [-0.2, -0.15) is 0 Å². The van der Waals surface area contributed by atoms with Gasteiger partial charge in [-0.15, -0.1) is 0 Å². The molecule has 6 heterocycles. The lowest BCUT2D eigenvalue weighted by molar-refractivity contribution is -0.318. The van der Waals surface area contributed by atoms with Crippen molar-refractivity contribution >= 4 is 5.97 Å². The maximum absolute atomic E-state index is 14.3. The van der Waals surface area contributed by atoms with Gasteiger partial charge in [0.15, 0.2) is 18.4 Å². The summed E-state index contributed by atoms with van der Waals surface area (Å²) in [6.45, 7) is 18.3. The van der Waals surface area contributed by atoms with Crippen molar-refractivity contribution in [1.82, 2.24) is 0 Å². The molecule has 5 N–H and O–H groups in total. The summed E-state index contributed by atoms with van der Waals surface area (Å²) >= 11 is 0. The molecular weight excluding hydrogens is 977 g/mol. The van der Waals surface area contributed by atoms with E-state index < -0.39 is 90.8 Å². The van der Waals surface area contributed by atoms with Gasteiger partial charge in [0.05, 0.1) is 49.3 Å². The first-order valence-electron chi connectivity index (χ1n) is 28.1. The molecule has 16 heteroatoms. The first-order chi connectivity index (χ1) is 36.2. The van der Waals surface area contributed by atoms with E-state index in [1.165, 1.54) is 25.3 Å². The summed E-state index contributed by atoms with van der Waals surface area (Å²) in [6.07, 6.45) is 14.2. The molecule has 2 bridgehead atoms. The normalized spacial score (nSPS) is 40.2. The Balaban J connectivity index is 0.000000521. The monoisotopic (exact) mass is 1070 g/mol. The fraction of sp³-hybridized carbons (Fsp3) is 0.717. The van der Waals surface area contributed by atoms with E-state index in [4.69, 9.17) is 52.5 Å². The summed E-state index contributed by atoms with van der Waals surface area (Å²) in [5, 5.41) is 52.8. The summed E-state index contributed by atoms with van der Waals surface area (Å²) in [5.74, 6) is -2.23. The summed E-state index contributed by atoms with van der Waals surface area (Å²) in [5.41, 5.74) is 1.06. The van der Waals surface area contributed by atoms with Gasteiger partial charge in [-0.1, -0.05) is 103 Å². The van der Waals surface area contributed by atoms with E-state index >= 15 is 0 Å². The lowest BCUT2D eigenvalue weighted by atomic mass is 9.71. The molecule has 0 radical (unpaired) electrons. The number of fused-ring (bicyclic) bond motifs is 2. The number of methoxy groups -OCH3 is 2. The largest absolute Gasteiger partial charge is 0.508 e. The third-order valence-electron chi connectivity index (χ3n) is 16.9. The van der Waals surface area contributed by atoms with Crippen LogP contribution in [0.5, 0.6) is 11.5 Å². The number of aliphatic hydroxyl groups is 3. The molecule has 1 spiro atoms. The van der Waals surface area contributed by atoms with Crippen LogP contribution >= 0.6 is 0 Å². The third kappa shape index (κ3) is 13.9. The molecule has 4 fully saturated rings. The number of esters is 1. The van der Waals surface area contributed by atoms with Crippen LogP contribution in [0.4, 0.5) is 0 Å². The lowest BCUT2D eigenvalue weighted by Crippen LogP contribution is -2.58. The van der Waals surface area contributed by atoms with E-state index in [2.05, 4.69) is 46.8 Å². The van der Waals surface area contributed by atoms with Crippen LogP contribution < -0.4 is 0 Å². The summed E-state index contributed by atoms with van der Waals surface area (Å²) in [6, 6.07) is 4.81. The average molecular weight is 1070 g/mol. The van der Waals surface area contributed by atoms with Crippen LogP contribution in [-0.2, 0) is 58.6 Å². The van der Waals surface area contributed by atoms with E-state index in [1.54, 1.807) is 52.4 Å². The molecular formula is C60H90O16. The Kier molecular flexibility index (Phi) is 21.1. The quantitative estimate of drug-likeness (QED) is 0.0711. The van der Waals surface area contributed by atoms with Crippen molar-refractivity contribution in [3.8, 4) is 11.5 Å². The highest BCUT2D eigenvalue weighted by Crippen LogP contribution is 2.47. The number of carbonyl (C=O) groups is 1. The lowest BCUT2D eigenvalue weighted by Gasteiger charge is -2.48. The van der Waals surface area contributed by atoms with E-state index in [1.807, 2.05) is 32.1 Å². The highest BCUT2D eigenvalue weighted by molar-refractivity contribution is 5.78. The Morgan fingerprint density at radius 3 is 2.28 bits per heavy atom. The fourth-order valence-electron chi connectivity index (χ4n) is 12.1. The maximum atomic E-state index is 14.3. The summed E-state index contributed by atoms with van der Waals surface area (Å²) in [4.78, 5) is 14.3. The van der Waals surface area contributed by atoms with Gasteiger partial charge in [-0.3, -0.25) is 4.79 Å².